The Morgan fingerprint density at radius 2 is 1.88 bits per heavy atom. The summed E-state index contributed by atoms with van der Waals surface area (Å²) < 4.78 is 31.1. The van der Waals surface area contributed by atoms with Crippen LogP contribution in [0.5, 0.6) is 5.75 Å². The van der Waals surface area contributed by atoms with Gasteiger partial charge < -0.3 is 4.74 Å². The van der Waals surface area contributed by atoms with Crippen LogP contribution in [0.15, 0.2) is 53.4 Å². The second-order valence-corrected chi connectivity index (χ2v) is 8.93. The fourth-order valence-electron chi connectivity index (χ4n) is 1.97. The zero-order valence-corrected chi connectivity index (χ0v) is 16.0. The second kappa shape index (κ2) is 8.76. The minimum Gasteiger partial charge on any atom is -0.491 e. The molecular weight excluding hydrogens is 366 g/mol. The van der Waals surface area contributed by atoms with Gasteiger partial charge in [0.1, 0.15) is 5.75 Å². The molecule has 0 spiro atoms. The van der Waals surface area contributed by atoms with E-state index in [0.717, 1.165) is 17.1 Å². The third kappa shape index (κ3) is 5.14. The van der Waals surface area contributed by atoms with Crippen LogP contribution in [0.3, 0.4) is 0 Å². The predicted octanol–water partition coefficient (Wildman–Crippen LogP) is 3.90. The topological polar surface area (TPSA) is 46.6 Å². The summed E-state index contributed by atoms with van der Waals surface area (Å²) >= 11 is 7.71. The summed E-state index contributed by atoms with van der Waals surface area (Å²) in [6, 6.07) is 14.4. The van der Waals surface area contributed by atoms with Gasteiger partial charge in [0, 0.05) is 25.6 Å². The summed E-state index contributed by atoms with van der Waals surface area (Å²) in [6.07, 6.45) is 0. The van der Waals surface area contributed by atoms with Crippen molar-refractivity contribution in [3.63, 3.8) is 0 Å². The molecule has 0 aromatic heterocycles. The van der Waals surface area contributed by atoms with Crippen LogP contribution in [0.2, 0.25) is 5.02 Å². The zero-order valence-electron chi connectivity index (χ0n) is 13.6. The number of sulfonamides is 1. The molecule has 0 aliphatic carbocycles. The molecule has 0 fully saturated rings. The molecule has 0 saturated heterocycles. The normalized spacial score (nSPS) is 11.7. The van der Waals surface area contributed by atoms with E-state index >= 15 is 0 Å². The van der Waals surface area contributed by atoms with E-state index in [2.05, 4.69) is 0 Å². The van der Waals surface area contributed by atoms with Crippen molar-refractivity contribution in [3.05, 3.63) is 59.1 Å². The van der Waals surface area contributed by atoms with Crippen LogP contribution in [-0.4, -0.2) is 39.2 Å². The lowest BCUT2D eigenvalue weighted by molar-refractivity contribution is 0.344. The molecule has 2 rings (SSSR count). The van der Waals surface area contributed by atoms with Crippen molar-refractivity contribution in [2.24, 2.45) is 0 Å². The summed E-state index contributed by atoms with van der Waals surface area (Å²) in [5.74, 6) is 2.19. The Kier molecular flexibility index (Phi) is 6.98. The maximum atomic E-state index is 12.1. The number of hydrogen-bond acceptors (Lipinski definition) is 4. The van der Waals surface area contributed by atoms with Crippen LogP contribution in [0, 0.1) is 0 Å². The number of benzene rings is 2. The Hall–Kier alpha value is -1.21. The van der Waals surface area contributed by atoms with Crippen LogP contribution in [-0.2, 0) is 15.8 Å². The SMILES string of the molecule is CN(C)S(=O)(=O)c1cccc(CSCCOc2ccccc2Cl)c1. The van der Waals surface area contributed by atoms with Crippen molar-refractivity contribution in [3.8, 4) is 5.75 Å². The van der Waals surface area contributed by atoms with Crippen LogP contribution in [0.1, 0.15) is 5.56 Å². The molecule has 0 radical (unpaired) electrons. The third-order valence-corrected chi connectivity index (χ3v) is 6.38. The molecule has 2 aromatic carbocycles. The molecule has 2 aromatic rings. The van der Waals surface area contributed by atoms with Gasteiger partial charge >= 0.3 is 0 Å². The standard InChI is InChI=1S/C17H20ClNO3S2/c1-19(2)24(20,21)15-7-5-6-14(12-15)13-23-11-10-22-17-9-4-3-8-16(17)18/h3-9,12H,10-11,13H2,1-2H3. The summed E-state index contributed by atoms with van der Waals surface area (Å²) in [6.45, 7) is 0.546. The summed E-state index contributed by atoms with van der Waals surface area (Å²) in [4.78, 5) is 0.318. The van der Waals surface area contributed by atoms with Crippen molar-refractivity contribution in [2.75, 3.05) is 26.5 Å². The third-order valence-electron chi connectivity index (χ3n) is 3.27. The summed E-state index contributed by atoms with van der Waals surface area (Å²) in [5.41, 5.74) is 0.973. The maximum absolute atomic E-state index is 12.1. The average Bonchev–Trinajstić information content (AvgIpc) is 2.56. The van der Waals surface area contributed by atoms with Crippen LogP contribution in [0.25, 0.3) is 0 Å². The van der Waals surface area contributed by atoms with E-state index in [0.29, 0.717) is 22.3 Å². The fraction of sp³-hybridized carbons (Fsp3) is 0.294. The molecule has 0 aliphatic heterocycles. The van der Waals surface area contributed by atoms with Gasteiger partial charge in [0.15, 0.2) is 0 Å². The minimum absolute atomic E-state index is 0.318. The lowest BCUT2D eigenvalue weighted by Gasteiger charge is -2.12. The lowest BCUT2D eigenvalue weighted by Crippen LogP contribution is -2.22. The molecule has 130 valence electrons. The first-order chi connectivity index (χ1) is 11.4. The Balaban J connectivity index is 1.84. The monoisotopic (exact) mass is 385 g/mol. The number of hydrogen-bond donors (Lipinski definition) is 0. The van der Waals surface area contributed by atoms with E-state index in [4.69, 9.17) is 16.3 Å². The maximum Gasteiger partial charge on any atom is 0.242 e. The Morgan fingerprint density at radius 3 is 2.58 bits per heavy atom. The van der Waals surface area contributed by atoms with Gasteiger partial charge in [-0.2, -0.15) is 11.8 Å². The van der Waals surface area contributed by atoms with Gasteiger partial charge in [-0.25, -0.2) is 12.7 Å². The molecule has 0 heterocycles. The first kappa shape index (κ1) is 19.1. The molecule has 0 unspecified atom stereocenters. The highest BCUT2D eigenvalue weighted by Gasteiger charge is 2.16. The Bertz CT molecular complexity index is 779. The van der Waals surface area contributed by atoms with Crippen molar-refractivity contribution in [1.29, 1.82) is 0 Å². The molecule has 7 heteroatoms. The molecule has 4 nitrogen and oxygen atoms in total. The largest absolute Gasteiger partial charge is 0.491 e. The number of halogens is 1. The second-order valence-electron chi connectivity index (χ2n) is 5.27. The van der Waals surface area contributed by atoms with E-state index < -0.39 is 10.0 Å². The fourth-order valence-corrected chi connectivity index (χ4v) is 3.89. The van der Waals surface area contributed by atoms with Gasteiger partial charge in [-0.3, -0.25) is 0 Å². The molecule has 0 amide bonds. The number of ether oxygens (including phenoxy) is 1. The highest BCUT2D eigenvalue weighted by molar-refractivity contribution is 7.98. The van der Waals surface area contributed by atoms with E-state index in [1.807, 2.05) is 24.3 Å². The molecule has 24 heavy (non-hydrogen) atoms. The smallest absolute Gasteiger partial charge is 0.242 e. The molecule has 0 atom stereocenters. The van der Waals surface area contributed by atoms with Crippen LogP contribution < -0.4 is 4.74 Å². The van der Waals surface area contributed by atoms with E-state index in [1.165, 1.54) is 18.4 Å². The number of nitrogens with zero attached hydrogens (tertiary/aromatic N) is 1. The highest BCUT2D eigenvalue weighted by atomic mass is 35.5. The van der Waals surface area contributed by atoms with Gasteiger partial charge in [0.2, 0.25) is 10.0 Å². The van der Waals surface area contributed by atoms with Gasteiger partial charge in [-0.05, 0) is 29.8 Å². The van der Waals surface area contributed by atoms with Crippen LogP contribution >= 0.6 is 23.4 Å². The van der Waals surface area contributed by atoms with Gasteiger partial charge in [0.05, 0.1) is 16.5 Å². The molecule has 0 N–H and O–H groups in total. The molecule has 0 bridgehead atoms. The molecular formula is C17H20ClNO3S2. The average molecular weight is 386 g/mol. The van der Waals surface area contributed by atoms with Crippen LogP contribution in [0.4, 0.5) is 0 Å². The van der Waals surface area contributed by atoms with E-state index in [-0.39, 0.29) is 0 Å². The zero-order chi connectivity index (χ0) is 17.6. The first-order valence-corrected chi connectivity index (χ1v) is 10.3. The van der Waals surface area contributed by atoms with Crippen molar-refractivity contribution < 1.29 is 13.2 Å². The van der Waals surface area contributed by atoms with E-state index in [1.54, 1.807) is 36.0 Å². The van der Waals surface area contributed by atoms with E-state index in [9.17, 15) is 8.42 Å². The summed E-state index contributed by atoms with van der Waals surface area (Å²) in [7, 11) is -0.330. The Labute approximate surface area is 152 Å². The summed E-state index contributed by atoms with van der Waals surface area (Å²) in [5, 5.41) is 0.601. The van der Waals surface area contributed by atoms with Crippen molar-refractivity contribution in [1.82, 2.24) is 4.31 Å². The molecule has 0 aliphatic rings. The number of thioether (sulfide) groups is 1. The minimum atomic E-state index is -3.39. The first-order valence-electron chi connectivity index (χ1n) is 7.38. The Morgan fingerprint density at radius 1 is 1.12 bits per heavy atom. The highest BCUT2D eigenvalue weighted by Crippen LogP contribution is 2.23. The molecule has 0 saturated carbocycles. The van der Waals surface area contributed by atoms with Gasteiger partial charge in [0.25, 0.3) is 0 Å². The lowest BCUT2D eigenvalue weighted by atomic mass is 10.2. The quantitative estimate of drug-likeness (QED) is 0.646. The predicted molar refractivity (Wildman–Crippen MR) is 100 cm³/mol. The van der Waals surface area contributed by atoms with Gasteiger partial charge in [-0.1, -0.05) is 35.9 Å². The van der Waals surface area contributed by atoms with Crippen molar-refractivity contribution in [2.45, 2.75) is 10.6 Å². The number of rotatable bonds is 8. The van der Waals surface area contributed by atoms with Gasteiger partial charge in [-0.15, -0.1) is 0 Å². The van der Waals surface area contributed by atoms with Crippen molar-refractivity contribution >= 4 is 33.4 Å². The number of para-hydroxylation sites is 1.